The van der Waals surface area contributed by atoms with Gasteiger partial charge in [0.15, 0.2) is 0 Å². The molecule has 0 aromatic rings. The average Bonchev–Trinajstić information content (AvgIpc) is 3.13. The highest BCUT2D eigenvalue weighted by atomic mass is 16.5. The highest BCUT2D eigenvalue weighted by Crippen LogP contribution is 2.20. The van der Waals surface area contributed by atoms with Crippen LogP contribution in [0.25, 0.3) is 0 Å². The van der Waals surface area contributed by atoms with E-state index in [4.69, 9.17) is 10.00 Å². The molecule has 2 rings (SSSR count). The van der Waals surface area contributed by atoms with Gasteiger partial charge in [-0.2, -0.15) is 5.26 Å². The predicted octanol–water partition coefficient (Wildman–Crippen LogP) is 0.989. The third-order valence-corrected chi connectivity index (χ3v) is 3.58. The number of hydrogen-bond donors (Lipinski definition) is 1. The van der Waals surface area contributed by atoms with Gasteiger partial charge in [-0.25, -0.2) is 0 Å². The summed E-state index contributed by atoms with van der Waals surface area (Å²) in [6.07, 6.45) is 4.80. The summed E-state index contributed by atoms with van der Waals surface area (Å²) in [6, 6.07) is 2.96. The SMILES string of the molecule is CN(CC1CCOCC1)CC(C#N)NC1CC1. The third-order valence-electron chi connectivity index (χ3n) is 3.58. The minimum Gasteiger partial charge on any atom is -0.381 e. The van der Waals surface area contributed by atoms with Gasteiger partial charge in [-0.1, -0.05) is 0 Å². The van der Waals surface area contributed by atoms with E-state index < -0.39 is 0 Å². The topological polar surface area (TPSA) is 48.3 Å². The Labute approximate surface area is 104 Å². The van der Waals surface area contributed by atoms with Crippen LogP contribution in [0.15, 0.2) is 0 Å². The zero-order valence-electron chi connectivity index (χ0n) is 10.7. The maximum absolute atomic E-state index is 9.10. The fourth-order valence-corrected chi connectivity index (χ4v) is 2.42. The van der Waals surface area contributed by atoms with E-state index >= 15 is 0 Å². The Morgan fingerprint density at radius 1 is 1.35 bits per heavy atom. The smallest absolute Gasteiger partial charge is 0.108 e. The fourth-order valence-electron chi connectivity index (χ4n) is 2.42. The van der Waals surface area contributed by atoms with Gasteiger partial charge in [-0.15, -0.1) is 0 Å². The summed E-state index contributed by atoms with van der Waals surface area (Å²) in [6.45, 7) is 3.74. The maximum atomic E-state index is 9.10. The second-order valence-corrected chi connectivity index (χ2v) is 5.40. The number of hydrogen-bond acceptors (Lipinski definition) is 4. The van der Waals surface area contributed by atoms with Gasteiger partial charge in [0.2, 0.25) is 0 Å². The molecule has 1 N–H and O–H groups in total. The highest BCUT2D eigenvalue weighted by molar-refractivity contribution is 4.97. The van der Waals surface area contributed by atoms with Crippen molar-refractivity contribution in [3.63, 3.8) is 0 Å². The monoisotopic (exact) mass is 237 g/mol. The molecule has 0 spiro atoms. The van der Waals surface area contributed by atoms with Crippen molar-refractivity contribution in [3.05, 3.63) is 0 Å². The lowest BCUT2D eigenvalue weighted by Crippen LogP contribution is -2.41. The van der Waals surface area contributed by atoms with Gasteiger partial charge in [-0.3, -0.25) is 5.32 Å². The van der Waals surface area contributed by atoms with Crippen molar-refractivity contribution < 1.29 is 4.74 Å². The highest BCUT2D eigenvalue weighted by Gasteiger charge is 2.25. The van der Waals surface area contributed by atoms with Crippen LogP contribution in [-0.2, 0) is 4.74 Å². The molecule has 0 aromatic carbocycles. The molecule has 0 bridgehead atoms. The molecule has 1 heterocycles. The van der Waals surface area contributed by atoms with E-state index in [1.807, 2.05) is 0 Å². The van der Waals surface area contributed by atoms with Gasteiger partial charge in [0.1, 0.15) is 6.04 Å². The van der Waals surface area contributed by atoms with Crippen LogP contribution in [0.4, 0.5) is 0 Å². The molecule has 0 aromatic heterocycles. The standard InChI is InChI=1S/C13H23N3O/c1-16(9-11-4-6-17-7-5-11)10-13(8-14)15-12-2-3-12/h11-13,15H,2-7,9-10H2,1H3. The molecule has 0 amide bonds. The predicted molar refractivity (Wildman–Crippen MR) is 66.6 cm³/mol. The molecule has 1 atom stereocenters. The molecular formula is C13H23N3O. The van der Waals surface area contributed by atoms with Crippen molar-refractivity contribution in [3.8, 4) is 6.07 Å². The van der Waals surface area contributed by atoms with Crippen molar-refractivity contribution in [1.29, 1.82) is 5.26 Å². The van der Waals surface area contributed by atoms with Gasteiger partial charge in [0.25, 0.3) is 0 Å². The Kier molecular flexibility index (Phi) is 4.78. The molecule has 96 valence electrons. The second kappa shape index (κ2) is 6.34. The number of nitrogens with zero attached hydrogens (tertiary/aromatic N) is 2. The lowest BCUT2D eigenvalue weighted by Gasteiger charge is -2.28. The Hall–Kier alpha value is -0.630. The molecule has 2 fully saturated rings. The molecule has 4 heteroatoms. The molecule has 1 aliphatic carbocycles. The molecule has 4 nitrogen and oxygen atoms in total. The van der Waals surface area contributed by atoms with Crippen molar-refractivity contribution in [1.82, 2.24) is 10.2 Å². The van der Waals surface area contributed by atoms with E-state index in [2.05, 4.69) is 23.3 Å². The Balaban J connectivity index is 1.67. The minimum absolute atomic E-state index is 0.00709. The molecule has 17 heavy (non-hydrogen) atoms. The number of rotatable bonds is 6. The first kappa shape index (κ1) is 12.8. The zero-order valence-corrected chi connectivity index (χ0v) is 10.7. The van der Waals surface area contributed by atoms with Gasteiger partial charge in [0, 0.05) is 32.3 Å². The van der Waals surface area contributed by atoms with Crippen LogP contribution >= 0.6 is 0 Å². The number of nitriles is 1. The summed E-state index contributed by atoms with van der Waals surface area (Å²) in [5, 5.41) is 12.5. The maximum Gasteiger partial charge on any atom is 0.108 e. The van der Waals surface area contributed by atoms with Gasteiger partial charge in [-0.05, 0) is 38.6 Å². The van der Waals surface area contributed by atoms with E-state index in [0.29, 0.717) is 6.04 Å². The first-order valence-electron chi connectivity index (χ1n) is 6.70. The van der Waals surface area contributed by atoms with Gasteiger partial charge >= 0.3 is 0 Å². The molecule has 1 aliphatic heterocycles. The quantitative estimate of drug-likeness (QED) is 0.748. The van der Waals surface area contributed by atoms with Crippen molar-refractivity contribution in [2.75, 3.05) is 33.4 Å². The molecular weight excluding hydrogens is 214 g/mol. The first-order chi connectivity index (χ1) is 8.28. The van der Waals surface area contributed by atoms with Crippen LogP contribution < -0.4 is 5.32 Å². The summed E-state index contributed by atoms with van der Waals surface area (Å²) in [5.41, 5.74) is 0. The lowest BCUT2D eigenvalue weighted by atomic mass is 10.00. The molecule has 1 saturated heterocycles. The van der Waals surface area contributed by atoms with Crippen LogP contribution in [0.5, 0.6) is 0 Å². The fraction of sp³-hybridized carbons (Fsp3) is 0.923. The van der Waals surface area contributed by atoms with E-state index in [0.717, 1.165) is 45.1 Å². The first-order valence-corrected chi connectivity index (χ1v) is 6.70. The molecule has 2 aliphatic rings. The number of nitrogens with one attached hydrogen (secondary N) is 1. The molecule has 1 unspecified atom stereocenters. The van der Waals surface area contributed by atoms with E-state index in [9.17, 15) is 0 Å². The average molecular weight is 237 g/mol. The van der Waals surface area contributed by atoms with Crippen LogP contribution in [0, 0.1) is 17.2 Å². The Bertz CT molecular complexity index is 266. The summed E-state index contributed by atoms with van der Waals surface area (Å²) >= 11 is 0. The normalized spacial score (nSPS) is 23.6. The van der Waals surface area contributed by atoms with Crippen molar-refractivity contribution >= 4 is 0 Å². The minimum atomic E-state index is -0.00709. The van der Waals surface area contributed by atoms with Gasteiger partial charge in [0.05, 0.1) is 6.07 Å². The summed E-state index contributed by atoms with van der Waals surface area (Å²) < 4.78 is 5.36. The summed E-state index contributed by atoms with van der Waals surface area (Å²) in [4.78, 5) is 2.29. The Morgan fingerprint density at radius 3 is 2.65 bits per heavy atom. The number of likely N-dealkylation sites (N-methyl/N-ethyl adjacent to an activating group) is 1. The molecule has 1 saturated carbocycles. The van der Waals surface area contributed by atoms with E-state index in [1.54, 1.807) is 0 Å². The molecule has 0 radical (unpaired) electrons. The second-order valence-electron chi connectivity index (χ2n) is 5.40. The van der Waals surface area contributed by atoms with Crippen LogP contribution in [0.3, 0.4) is 0 Å². The lowest BCUT2D eigenvalue weighted by molar-refractivity contribution is 0.0553. The van der Waals surface area contributed by atoms with Crippen molar-refractivity contribution in [2.45, 2.75) is 37.8 Å². The number of ether oxygens (including phenoxy) is 1. The largest absolute Gasteiger partial charge is 0.381 e. The van der Waals surface area contributed by atoms with E-state index in [-0.39, 0.29) is 6.04 Å². The van der Waals surface area contributed by atoms with Crippen LogP contribution in [0.1, 0.15) is 25.7 Å². The van der Waals surface area contributed by atoms with Crippen LogP contribution in [-0.4, -0.2) is 50.3 Å². The van der Waals surface area contributed by atoms with Crippen LogP contribution in [0.2, 0.25) is 0 Å². The Morgan fingerprint density at radius 2 is 2.06 bits per heavy atom. The summed E-state index contributed by atoms with van der Waals surface area (Å²) in [5.74, 6) is 0.744. The summed E-state index contributed by atoms with van der Waals surface area (Å²) in [7, 11) is 2.12. The van der Waals surface area contributed by atoms with E-state index in [1.165, 1.54) is 12.8 Å². The van der Waals surface area contributed by atoms with Crippen molar-refractivity contribution in [2.24, 2.45) is 5.92 Å². The van der Waals surface area contributed by atoms with Gasteiger partial charge < -0.3 is 9.64 Å². The zero-order chi connectivity index (χ0) is 12.1. The third kappa shape index (κ3) is 4.63.